The number of aryl methyl sites for hydroxylation is 1. The van der Waals surface area contributed by atoms with Gasteiger partial charge in [-0.1, -0.05) is 23.8 Å². The van der Waals surface area contributed by atoms with Crippen LogP contribution in [0.25, 0.3) is 11.4 Å². The van der Waals surface area contributed by atoms with Crippen molar-refractivity contribution in [2.24, 2.45) is 5.73 Å². The Morgan fingerprint density at radius 2 is 2.06 bits per heavy atom. The highest BCUT2D eigenvalue weighted by molar-refractivity contribution is 5.56. The van der Waals surface area contributed by atoms with Crippen molar-refractivity contribution in [1.29, 1.82) is 0 Å². The predicted molar refractivity (Wildman–Crippen MR) is 68.5 cm³/mol. The van der Waals surface area contributed by atoms with E-state index in [0.29, 0.717) is 12.6 Å². The molecule has 2 rings (SSSR count). The summed E-state index contributed by atoms with van der Waals surface area (Å²) in [6.45, 7) is 6.71. The second-order valence-corrected chi connectivity index (χ2v) is 4.48. The molecule has 2 aromatic rings. The third kappa shape index (κ3) is 2.22. The molecule has 90 valence electrons. The Morgan fingerprint density at radius 3 is 2.65 bits per heavy atom. The van der Waals surface area contributed by atoms with Crippen molar-refractivity contribution in [3.63, 3.8) is 0 Å². The number of nitrogens with two attached hydrogens (primary N) is 1. The summed E-state index contributed by atoms with van der Waals surface area (Å²) in [4.78, 5) is 0. The van der Waals surface area contributed by atoms with Gasteiger partial charge in [0.2, 0.25) is 0 Å². The minimum Gasteiger partial charge on any atom is -0.324 e. The van der Waals surface area contributed by atoms with Gasteiger partial charge in [0.05, 0.1) is 6.54 Å². The molecule has 0 aliphatic rings. The van der Waals surface area contributed by atoms with Crippen molar-refractivity contribution >= 4 is 0 Å². The molecule has 0 unspecified atom stereocenters. The molecule has 0 spiro atoms. The van der Waals surface area contributed by atoms with Crippen LogP contribution in [0.1, 0.15) is 31.3 Å². The Hall–Kier alpha value is -1.68. The Labute approximate surface area is 101 Å². The molecular weight excluding hydrogens is 212 g/mol. The van der Waals surface area contributed by atoms with Gasteiger partial charge >= 0.3 is 0 Å². The lowest BCUT2D eigenvalue weighted by molar-refractivity contribution is 0.574. The standard InChI is InChI=1S/C13H18N4/c1-9(2)17-12(8-14)15-16-13(17)11-6-4-5-10(3)7-11/h4-7,9H,8,14H2,1-3H3. The van der Waals surface area contributed by atoms with Crippen molar-refractivity contribution in [1.82, 2.24) is 14.8 Å². The third-order valence-corrected chi connectivity index (χ3v) is 2.74. The molecule has 0 saturated heterocycles. The lowest BCUT2D eigenvalue weighted by atomic mass is 10.1. The van der Waals surface area contributed by atoms with Gasteiger partial charge < -0.3 is 10.3 Å². The lowest BCUT2D eigenvalue weighted by Gasteiger charge is -2.13. The van der Waals surface area contributed by atoms with Crippen molar-refractivity contribution in [2.75, 3.05) is 0 Å². The molecule has 0 amide bonds. The molecule has 0 atom stereocenters. The van der Waals surface area contributed by atoms with Crippen LogP contribution in [-0.2, 0) is 6.54 Å². The molecule has 0 radical (unpaired) electrons. The van der Waals surface area contributed by atoms with Gasteiger partial charge in [-0.3, -0.25) is 0 Å². The molecule has 1 aromatic carbocycles. The van der Waals surface area contributed by atoms with Crippen LogP contribution in [0.15, 0.2) is 24.3 Å². The van der Waals surface area contributed by atoms with E-state index in [2.05, 4.69) is 53.7 Å². The molecule has 0 aliphatic carbocycles. The van der Waals surface area contributed by atoms with E-state index in [0.717, 1.165) is 17.2 Å². The van der Waals surface area contributed by atoms with Crippen molar-refractivity contribution in [3.05, 3.63) is 35.7 Å². The van der Waals surface area contributed by atoms with Crippen molar-refractivity contribution in [3.8, 4) is 11.4 Å². The topological polar surface area (TPSA) is 56.7 Å². The van der Waals surface area contributed by atoms with Crippen LogP contribution in [-0.4, -0.2) is 14.8 Å². The van der Waals surface area contributed by atoms with E-state index < -0.39 is 0 Å². The van der Waals surface area contributed by atoms with E-state index in [-0.39, 0.29) is 0 Å². The molecule has 0 saturated carbocycles. The smallest absolute Gasteiger partial charge is 0.164 e. The lowest BCUT2D eigenvalue weighted by Crippen LogP contribution is -2.11. The van der Waals surface area contributed by atoms with E-state index in [1.54, 1.807) is 0 Å². The minimum absolute atomic E-state index is 0.305. The predicted octanol–water partition coefficient (Wildman–Crippen LogP) is 2.29. The average molecular weight is 230 g/mol. The molecule has 0 bridgehead atoms. The normalized spacial score (nSPS) is 11.1. The van der Waals surface area contributed by atoms with Crippen LogP contribution in [0.3, 0.4) is 0 Å². The van der Waals surface area contributed by atoms with Crippen LogP contribution in [0.2, 0.25) is 0 Å². The SMILES string of the molecule is Cc1cccc(-c2nnc(CN)n2C(C)C)c1. The molecular formula is C13H18N4. The summed E-state index contributed by atoms with van der Waals surface area (Å²) < 4.78 is 2.09. The maximum Gasteiger partial charge on any atom is 0.164 e. The zero-order valence-corrected chi connectivity index (χ0v) is 10.5. The summed E-state index contributed by atoms with van der Waals surface area (Å²) in [5, 5.41) is 8.40. The summed E-state index contributed by atoms with van der Waals surface area (Å²) in [6, 6.07) is 8.58. The monoisotopic (exact) mass is 230 g/mol. The van der Waals surface area contributed by atoms with Gasteiger partial charge in [-0.15, -0.1) is 10.2 Å². The highest BCUT2D eigenvalue weighted by Gasteiger charge is 2.14. The summed E-state index contributed by atoms with van der Waals surface area (Å²) in [6.07, 6.45) is 0. The van der Waals surface area contributed by atoms with Gasteiger partial charge in [-0.05, 0) is 26.8 Å². The highest BCUT2D eigenvalue weighted by atomic mass is 15.3. The maximum absolute atomic E-state index is 5.69. The van der Waals surface area contributed by atoms with Gasteiger partial charge in [0.15, 0.2) is 5.82 Å². The number of hydrogen-bond donors (Lipinski definition) is 1. The molecule has 17 heavy (non-hydrogen) atoms. The van der Waals surface area contributed by atoms with Crippen molar-refractivity contribution < 1.29 is 0 Å². The summed E-state index contributed by atoms with van der Waals surface area (Å²) in [7, 11) is 0. The summed E-state index contributed by atoms with van der Waals surface area (Å²) in [5.41, 5.74) is 7.99. The summed E-state index contributed by atoms with van der Waals surface area (Å²) in [5.74, 6) is 1.72. The van der Waals surface area contributed by atoms with E-state index in [9.17, 15) is 0 Å². The molecule has 1 heterocycles. The van der Waals surface area contributed by atoms with Gasteiger partial charge in [0, 0.05) is 11.6 Å². The molecule has 1 aromatic heterocycles. The maximum atomic E-state index is 5.69. The Morgan fingerprint density at radius 1 is 1.29 bits per heavy atom. The number of nitrogens with zero attached hydrogens (tertiary/aromatic N) is 3. The second kappa shape index (κ2) is 4.67. The third-order valence-electron chi connectivity index (χ3n) is 2.74. The number of hydrogen-bond acceptors (Lipinski definition) is 3. The molecule has 0 fully saturated rings. The fraction of sp³-hybridized carbons (Fsp3) is 0.385. The van der Waals surface area contributed by atoms with Gasteiger partial charge in [0.25, 0.3) is 0 Å². The number of rotatable bonds is 3. The second-order valence-electron chi connectivity index (χ2n) is 4.48. The van der Waals surface area contributed by atoms with E-state index in [4.69, 9.17) is 5.73 Å². The fourth-order valence-corrected chi connectivity index (χ4v) is 1.99. The first-order chi connectivity index (χ1) is 8.13. The Balaban J connectivity index is 2.56. The largest absolute Gasteiger partial charge is 0.324 e. The van der Waals surface area contributed by atoms with Crippen LogP contribution in [0, 0.1) is 6.92 Å². The number of benzene rings is 1. The zero-order valence-electron chi connectivity index (χ0n) is 10.5. The molecule has 4 heteroatoms. The van der Waals surface area contributed by atoms with Gasteiger partial charge in [-0.25, -0.2) is 0 Å². The fourth-order valence-electron chi connectivity index (χ4n) is 1.99. The Bertz CT molecular complexity index is 514. The van der Waals surface area contributed by atoms with Gasteiger partial charge in [0.1, 0.15) is 5.82 Å². The highest BCUT2D eigenvalue weighted by Crippen LogP contribution is 2.22. The van der Waals surface area contributed by atoms with Crippen LogP contribution < -0.4 is 5.73 Å². The van der Waals surface area contributed by atoms with E-state index in [1.165, 1.54) is 5.56 Å². The average Bonchev–Trinajstić information content (AvgIpc) is 2.72. The van der Waals surface area contributed by atoms with Crippen LogP contribution >= 0.6 is 0 Å². The zero-order chi connectivity index (χ0) is 12.4. The molecule has 0 aliphatic heterocycles. The first-order valence-corrected chi connectivity index (χ1v) is 5.84. The van der Waals surface area contributed by atoms with Gasteiger partial charge in [-0.2, -0.15) is 0 Å². The number of aromatic nitrogens is 3. The quantitative estimate of drug-likeness (QED) is 0.880. The summed E-state index contributed by atoms with van der Waals surface area (Å²) >= 11 is 0. The van der Waals surface area contributed by atoms with E-state index >= 15 is 0 Å². The molecule has 2 N–H and O–H groups in total. The van der Waals surface area contributed by atoms with E-state index in [1.807, 2.05) is 6.07 Å². The van der Waals surface area contributed by atoms with Crippen LogP contribution in [0.5, 0.6) is 0 Å². The Kier molecular flexibility index (Phi) is 3.24. The minimum atomic E-state index is 0.305. The van der Waals surface area contributed by atoms with Crippen molar-refractivity contribution in [2.45, 2.75) is 33.4 Å². The van der Waals surface area contributed by atoms with Crippen LogP contribution in [0.4, 0.5) is 0 Å². The first kappa shape index (κ1) is 11.8. The first-order valence-electron chi connectivity index (χ1n) is 5.84. The molecule has 4 nitrogen and oxygen atoms in total.